The zero-order valence-corrected chi connectivity index (χ0v) is 13.3. The van der Waals surface area contributed by atoms with Crippen LogP contribution in [0.5, 0.6) is 0 Å². The Morgan fingerprint density at radius 1 is 1.47 bits per heavy atom. The summed E-state index contributed by atoms with van der Waals surface area (Å²) in [6.45, 7) is 9.39. The average Bonchev–Trinajstić information content (AvgIpc) is 2.26. The van der Waals surface area contributed by atoms with Crippen molar-refractivity contribution in [3.8, 4) is 0 Å². The van der Waals surface area contributed by atoms with Gasteiger partial charge in [-0.2, -0.15) is 0 Å². The van der Waals surface area contributed by atoms with E-state index in [1.165, 1.54) is 0 Å². The lowest BCUT2D eigenvalue weighted by molar-refractivity contribution is -0.127. The number of nitrogens with one attached hydrogen (secondary N) is 2. The molecule has 1 aliphatic rings. The van der Waals surface area contributed by atoms with E-state index in [1.807, 2.05) is 0 Å². The molecule has 0 bridgehead atoms. The van der Waals surface area contributed by atoms with Gasteiger partial charge in [0.2, 0.25) is 5.91 Å². The summed E-state index contributed by atoms with van der Waals surface area (Å²) in [5, 5.41) is 15.7. The Balaban J connectivity index is 0.00000324. The molecule has 1 unspecified atom stereocenters. The molecular formula is C14H29ClN2O2. The monoisotopic (exact) mass is 292 g/mol. The van der Waals surface area contributed by atoms with E-state index in [-0.39, 0.29) is 42.3 Å². The van der Waals surface area contributed by atoms with Gasteiger partial charge in [0.15, 0.2) is 0 Å². The minimum absolute atomic E-state index is 0. The fourth-order valence-electron chi connectivity index (χ4n) is 2.59. The highest BCUT2D eigenvalue weighted by Crippen LogP contribution is 2.22. The van der Waals surface area contributed by atoms with Crippen LogP contribution in [0.2, 0.25) is 0 Å². The van der Waals surface area contributed by atoms with Crippen molar-refractivity contribution >= 4 is 18.3 Å². The van der Waals surface area contributed by atoms with E-state index in [0.717, 1.165) is 25.8 Å². The highest BCUT2D eigenvalue weighted by atomic mass is 35.5. The lowest BCUT2D eigenvalue weighted by atomic mass is 9.87. The van der Waals surface area contributed by atoms with Gasteiger partial charge in [0, 0.05) is 12.0 Å². The molecule has 0 aromatic heterocycles. The summed E-state index contributed by atoms with van der Waals surface area (Å²) in [5.41, 5.74) is 0.113. The van der Waals surface area contributed by atoms with Gasteiger partial charge >= 0.3 is 0 Å². The van der Waals surface area contributed by atoms with Gasteiger partial charge in [-0.1, -0.05) is 20.8 Å². The van der Waals surface area contributed by atoms with Crippen LogP contribution in [0.1, 0.15) is 47.0 Å². The van der Waals surface area contributed by atoms with Crippen molar-refractivity contribution in [2.24, 2.45) is 11.3 Å². The maximum Gasteiger partial charge on any atom is 0.223 e. The molecule has 0 radical (unpaired) electrons. The summed E-state index contributed by atoms with van der Waals surface area (Å²) in [7, 11) is 0. The van der Waals surface area contributed by atoms with Gasteiger partial charge in [-0.15, -0.1) is 12.4 Å². The van der Waals surface area contributed by atoms with Crippen LogP contribution in [-0.2, 0) is 4.79 Å². The SMILES string of the molecule is C[C@H]1C[C@@H](C(=O)NC(CO)CC(C)(C)C)CCN1.Cl. The maximum absolute atomic E-state index is 12.1. The number of rotatable bonds is 4. The van der Waals surface area contributed by atoms with Crippen LogP contribution in [0.4, 0.5) is 0 Å². The van der Waals surface area contributed by atoms with Gasteiger partial charge in [0.05, 0.1) is 12.6 Å². The van der Waals surface area contributed by atoms with Crippen LogP contribution in [0.15, 0.2) is 0 Å². The number of aliphatic hydroxyl groups is 1. The Labute approximate surface area is 123 Å². The van der Waals surface area contributed by atoms with E-state index >= 15 is 0 Å². The summed E-state index contributed by atoms with van der Waals surface area (Å²) in [6, 6.07) is 0.285. The van der Waals surface area contributed by atoms with E-state index < -0.39 is 0 Å². The van der Waals surface area contributed by atoms with Gasteiger partial charge < -0.3 is 15.7 Å². The van der Waals surface area contributed by atoms with Crippen molar-refractivity contribution in [1.82, 2.24) is 10.6 Å². The zero-order valence-electron chi connectivity index (χ0n) is 12.5. The molecule has 19 heavy (non-hydrogen) atoms. The number of hydrogen-bond acceptors (Lipinski definition) is 3. The van der Waals surface area contributed by atoms with E-state index in [9.17, 15) is 9.90 Å². The topological polar surface area (TPSA) is 61.4 Å². The first kappa shape index (κ1) is 18.7. The molecule has 3 atom stereocenters. The highest BCUT2D eigenvalue weighted by molar-refractivity contribution is 5.85. The summed E-state index contributed by atoms with van der Waals surface area (Å²) in [4.78, 5) is 12.1. The number of hydrogen-bond donors (Lipinski definition) is 3. The molecule has 5 heteroatoms. The smallest absolute Gasteiger partial charge is 0.223 e. The molecule has 0 aliphatic carbocycles. The lowest BCUT2D eigenvalue weighted by Gasteiger charge is -2.30. The molecule has 0 aromatic rings. The van der Waals surface area contributed by atoms with Crippen LogP contribution in [0.3, 0.4) is 0 Å². The quantitative estimate of drug-likeness (QED) is 0.739. The molecule has 4 nitrogen and oxygen atoms in total. The van der Waals surface area contributed by atoms with Gasteiger partial charge in [-0.05, 0) is 38.1 Å². The van der Waals surface area contributed by atoms with E-state index in [0.29, 0.717) is 6.04 Å². The fraction of sp³-hybridized carbons (Fsp3) is 0.929. The molecule has 1 saturated heterocycles. The molecule has 0 aromatic carbocycles. The van der Waals surface area contributed by atoms with Crippen molar-refractivity contribution in [2.45, 2.75) is 59.0 Å². The van der Waals surface area contributed by atoms with E-state index in [2.05, 4.69) is 38.3 Å². The third-order valence-corrected chi connectivity index (χ3v) is 3.42. The molecule has 1 aliphatic heterocycles. The van der Waals surface area contributed by atoms with E-state index in [4.69, 9.17) is 0 Å². The second kappa shape index (κ2) is 8.08. The summed E-state index contributed by atoms with van der Waals surface area (Å²) < 4.78 is 0. The first-order valence-electron chi connectivity index (χ1n) is 6.96. The molecule has 1 heterocycles. The van der Waals surface area contributed by atoms with Crippen molar-refractivity contribution in [3.63, 3.8) is 0 Å². The second-order valence-corrected chi connectivity index (χ2v) is 6.73. The Kier molecular flexibility index (Phi) is 7.94. The van der Waals surface area contributed by atoms with Crippen molar-refractivity contribution < 1.29 is 9.90 Å². The predicted molar refractivity (Wildman–Crippen MR) is 80.5 cm³/mol. The van der Waals surface area contributed by atoms with Gasteiger partial charge in [-0.25, -0.2) is 0 Å². The molecule has 0 saturated carbocycles. The van der Waals surface area contributed by atoms with Gasteiger partial charge in [-0.3, -0.25) is 4.79 Å². The Morgan fingerprint density at radius 2 is 2.11 bits per heavy atom. The first-order chi connectivity index (χ1) is 8.31. The minimum atomic E-state index is -0.123. The van der Waals surface area contributed by atoms with E-state index in [1.54, 1.807) is 0 Å². The molecule has 1 amide bonds. The lowest BCUT2D eigenvalue weighted by Crippen LogP contribution is -2.47. The molecule has 3 N–H and O–H groups in total. The Morgan fingerprint density at radius 3 is 2.58 bits per heavy atom. The minimum Gasteiger partial charge on any atom is -0.394 e. The number of halogens is 1. The average molecular weight is 293 g/mol. The van der Waals surface area contributed by atoms with Crippen molar-refractivity contribution in [1.29, 1.82) is 0 Å². The highest BCUT2D eigenvalue weighted by Gasteiger charge is 2.27. The fourth-order valence-corrected chi connectivity index (χ4v) is 2.59. The van der Waals surface area contributed by atoms with Crippen LogP contribution in [0, 0.1) is 11.3 Å². The Bertz CT molecular complexity index is 279. The predicted octanol–water partition coefficient (Wildman–Crippen LogP) is 1.71. The summed E-state index contributed by atoms with van der Waals surface area (Å²) >= 11 is 0. The second-order valence-electron chi connectivity index (χ2n) is 6.73. The van der Waals surface area contributed by atoms with Crippen LogP contribution >= 0.6 is 12.4 Å². The van der Waals surface area contributed by atoms with Crippen LogP contribution in [0.25, 0.3) is 0 Å². The molecule has 1 fully saturated rings. The first-order valence-corrected chi connectivity index (χ1v) is 6.96. The van der Waals surface area contributed by atoms with Gasteiger partial charge in [0.25, 0.3) is 0 Å². The number of carbonyl (C=O) groups excluding carboxylic acids is 1. The third kappa shape index (κ3) is 7.14. The van der Waals surface area contributed by atoms with Crippen molar-refractivity contribution in [2.75, 3.05) is 13.2 Å². The molecule has 0 spiro atoms. The zero-order chi connectivity index (χ0) is 13.8. The molecule has 114 valence electrons. The standard InChI is InChI=1S/C14H28N2O2.ClH/c1-10-7-11(5-6-15-10)13(18)16-12(9-17)8-14(2,3)4;/h10-12,15,17H,5-9H2,1-4H3,(H,16,18);1H/t10-,11-,12?;/m0./s1. The molecular weight excluding hydrogens is 264 g/mol. The maximum atomic E-state index is 12.1. The summed E-state index contributed by atoms with van der Waals surface area (Å²) in [6.07, 6.45) is 2.58. The molecule has 1 rings (SSSR count). The number of carbonyl (C=O) groups is 1. The van der Waals surface area contributed by atoms with Crippen LogP contribution in [-0.4, -0.2) is 36.2 Å². The largest absolute Gasteiger partial charge is 0.394 e. The summed E-state index contributed by atoms with van der Waals surface area (Å²) in [5.74, 6) is 0.196. The number of piperidine rings is 1. The number of aliphatic hydroxyl groups excluding tert-OH is 1. The Hall–Kier alpha value is -0.320. The van der Waals surface area contributed by atoms with Crippen LogP contribution < -0.4 is 10.6 Å². The third-order valence-electron chi connectivity index (χ3n) is 3.42. The van der Waals surface area contributed by atoms with Crippen molar-refractivity contribution in [3.05, 3.63) is 0 Å². The number of amides is 1. The normalized spacial score (nSPS) is 25.3. The van der Waals surface area contributed by atoms with Gasteiger partial charge in [0.1, 0.15) is 0 Å².